The molecule has 0 heterocycles. The summed E-state index contributed by atoms with van der Waals surface area (Å²) in [6.07, 6.45) is 6.93. The Kier molecular flexibility index (Phi) is 9.81. The average Bonchev–Trinajstić information content (AvgIpc) is 2.69. The van der Waals surface area contributed by atoms with Gasteiger partial charge in [-0.2, -0.15) is 0 Å². The number of hydrogen-bond acceptors (Lipinski definition) is 3. The molecule has 1 aliphatic carbocycles. The predicted octanol–water partition coefficient (Wildman–Crippen LogP) is 4.01. The second-order valence-corrected chi connectivity index (χ2v) is 7.40. The predicted molar refractivity (Wildman–Crippen MR) is 113 cm³/mol. The van der Waals surface area contributed by atoms with E-state index >= 15 is 0 Å². The zero-order chi connectivity index (χ0) is 19.0. The number of rotatable bonds is 8. The van der Waals surface area contributed by atoms with Gasteiger partial charge in [-0.3, -0.25) is 9.59 Å². The Morgan fingerprint density at radius 2 is 1.81 bits per heavy atom. The van der Waals surface area contributed by atoms with Gasteiger partial charge in [-0.05, 0) is 43.4 Å². The van der Waals surface area contributed by atoms with Gasteiger partial charge in [-0.25, -0.2) is 0 Å². The van der Waals surface area contributed by atoms with Crippen molar-refractivity contribution in [3.8, 4) is 0 Å². The number of hydrogen-bond donors (Lipinski definition) is 3. The minimum atomic E-state index is -0.493. The van der Waals surface area contributed by atoms with Gasteiger partial charge in [0.05, 0.1) is 5.41 Å². The first-order valence-corrected chi connectivity index (χ1v) is 9.93. The molecule has 0 bridgehead atoms. The largest absolute Gasteiger partial charge is 0.352 e. The summed E-state index contributed by atoms with van der Waals surface area (Å²) in [6.45, 7) is 4.78. The van der Waals surface area contributed by atoms with Crippen molar-refractivity contribution in [2.24, 2.45) is 17.1 Å². The Bertz CT molecular complexity index is 603. The van der Waals surface area contributed by atoms with Crippen LogP contribution >= 0.6 is 12.4 Å². The van der Waals surface area contributed by atoms with E-state index in [1.54, 1.807) is 0 Å². The molecule has 1 aliphatic rings. The number of benzene rings is 1. The zero-order valence-corrected chi connectivity index (χ0v) is 17.4. The molecule has 1 saturated carbocycles. The lowest BCUT2D eigenvalue weighted by Crippen LogP contribution is -2.45. The van der Waals surface area contributed by atoms with Gasteiger partial charge in [0.25, 0.3) is 0 Å². The number of nitrogens with one attached hydrogen (secondary N) is 2. The molecule has 1 aromatic carbocycles. The van der Waals surface area contributed by atoms with Crippen molar-refractivity contribution in [3.05, 3.63) is 29.8 Å². The highest BCUT2D eigenvalue weighted by Gasteiger charge is 2.32. The Morgan fingerprint density at radius 3 is 2.41 bits per heavy atom. The van der Waals surface area contributed by atoms with Crippen LogP contribution in [0.1, 0.15) is 64.4 Å². The summed E-state index contributed by atoms with van der Waals surface area (Å²) in [7, 11) is 0. The molecule has 5 nitrogen and oxygen atoms in total. The highest BCUT2D eigenvalue weighted by atomic mass is 35.5. The van der Waals surface area contributed by atoms with Gasteiger partial charge in [0.2, 0.25) is 11.8 Å². The molecule has 0 atom stereocenters. The smallest absolute Gasteiger partial charge is 0.227 e. The molecule has 0 unspecified atom stereocenters. The lowest BCUT2D eigenvalue weighted by atomic mass is 9.81. The van der Waals surface area contributed by atoms with E-state index in [2.05, 4.69) is 10.6 Å². The van der Waals surface area contributed by atoms with Crippen molar-refractivity contribution in [2.75, 3.05) is 11.9 Å². The van der Waals surface area contributed by atoms with Gasteiger partial charge in [-0.1, -0.05) is 45.2 Å². The SMILES string of the molecule is CCC(CC)(CN)C(=O)NCc1cccc(NC(=O)C2CCCCC2)c1.Cl. The van der Waals surface area contributed by atoms with Crippen LogP contribution in [0.2, 0.25) is 0 Å². The van der Waals surface area contributed by atoms with Crippen molar-refractivity contribution < 1.29 is 9.59 Å². The fourth-order valence-electron chi connectivity index (χ4n) is 3.69. The molecule has 0 radical (unpaired) electrons. The summed E-state index contributed by atoms with van der Waals surface area (Å²) in [5.74, 6) is 0.248. The van der Waals surface area contributed by atoms with Crippen LogP contribution in [0.5, 0.6) is 0 Å². The van der Waals surface area contributed by atoms with E-state index in [9.17, 15) is 9.59 Å². The van der Waals surface area contributed by atoms with E-state index in [-0.39, 0.29) is 30.1 Å². The molecule has 1 fully saturated rings. The highest BCUT2D eigenvalue weighted by molar-refractivity contribution is 5.92. The molecule has 0 spiro atoms. The monoisotopic (exact) mass is 395 g/mol. The molecule has 2 rings (SSSR count). The summed E-state index contributed by atoms with van der Waals surface area (Å²) in [5.41, 5.74) is 7.11. The quantitative estimate of drug-likeness (QED) is 0.621. The Balaban J connectivity index is 0.00000364. The van der Waals surface area contributed by atoms with Crippen molar-refractivity contribution in [1.29, 1.82) is 0 Å². The third-order valence-electron chi connectivity index (χ3n) is 5.85. The molecule has 0 aromatic heterocycles. The second-order valence-electron chi connectivity index (χ2n) is 7.40. The van der Waals surface area contributed by atoms with Gasteiger partial charge < -0.3 is 16.4 Å². The highest BCUT2D eigenvalue weighted by Crippen LogP contribution is 2.26. The van der Waals surface area contributed by atoms with Crippen molar-refractivity contribution in [1.82, 2.24) is 5.32 Å². The molecule has 4 N–H and O–H groups in total. The van der Waals surface area contributed by atoms with Crippen LogP contribution in [0, 0.1) is 11.3 Å². The normalized spacial score (nSPS) is 14.9. The third kappa shape index (κ3) is 6.22. The van der Waals surface area contributed by atoms with E-state index in [0.29, 0.717) is 13.1 Å². The molecular weight excluding hydrogens is 362 g/mol. The standard InChI is InChI=1S/C21H33N3O2.ClH/c1-3-21(4-2,15-22)20(26)23-14-16-9-8-12-18(13-16)24-19(25)17-10-6-5-7-11-17;/h8-9,12-13,17H,3-7,10-11,14-15,22H2,1-2H3,(H,23,26)(H,24,25);1H. The summed E-state index contributed by atoms with van der Waals surface area (Å²) in [5, 5.41) is 6.04. The number of carbonyl (C=O) groups is 2. The van der Waals surface area contributed by atoms with Gasteiger partial charge in [0.15, 0.2) is 0 Å². The molecule has 0 aliphatic heterocycles. The maximum atomic E-state index is 12.5. The molecule has 2 amide bonds. The van der Waals surface area contributed by atoms with Crippen LogP contribution in [0.25, 0.3) is 0 Å². The fraction of sp³-hybridized carbons (Fsp3) is 0.619. The van der Waals surface area contributed by atoms with Crippen LogP contribution in [0.4, 0.5) is 5.69 Å². The van der Waals surface area contributed by atoms with Crippen LogP contribution < -0.4 is 16.4 Å². The summed E-state index contributed by atoms with van der Waals surface area (Å²) >= 11 is 0. The molecule has 27 heavy (non-hydrogen) atoms. The lowest BCUT2D eigenvalue weighted by Gasteiger charge is -2.28. The van der Waals surface area contributed by atoms with Crippen LogP contribution in [0.3, 0.4) is 0 Å². The topological polar surface area (TPSA) is 84.2 Å². The van der Waals surface area contributed by atoms with E-state index in [1.165, 1.54) is 6.42 Å². The Morgan fingerprint density at radius 1 is 1.15 bits per heavy atom. The van der Waals surface area contributed by atoms with E-state index < -0.39 is 5.41 Å². The van der Waals surface area contributed by atoms with E-state index in [1.807, 2.05) is 38.1 Å². The van der Waals surface area contributed by atoms with Gasteiger partial charge in [0.1, 0.15) is 0 Å². The van der Waals surface area contributed by atoms with Crippen molar-refractivity contribution in [3.63, 3.8) is 0 Å². The zero-order valence-electron chi connectivity index (χ0n) is 16.6. The first-order valence-electron chi connectivity index (χ1n) is 9.93. The second kappa shape index (κ2) is 11.3. The first-order chi connectivity index (χ1) is 12.5. The summed E-state index contributed by atoms with van der Waals surface area (Å²) < 4.78 is 0. The Labute approximate surface area is 169 Å². The van der Waals surface area contributed by atoms with Crippen LogP contribution in [0.15, 0.2) is 24.3 Å². The van der Waals surface area contributed by atoms with Gasteiger partial charge in [-0.15, -0.1) is 12.4 Å². The fourth-order valence-corrected chi connectivity index (χ4v) is 3.69. The number of amides is 2. The third-order valence-corrected chi connectivity index (χ3v) is 5.85. The molecule has 152 valence electrons. The summed E-state index contributed by atoms with van der Waals surface area (Å²) in [6, 6.07) is 7.70. The first kappa shape index (κ1) is 23.4. The number of nitrogens with two attached hydrogens (primary N) is 1. The van der Waals surface area contributed by atoms with Crippen molar-refractivity contribution >= 4 is 29.9 Å². The van der Waals surface area contributed by atoms with Gasteiger partial charge in [0, 0.05) is 24.7 Å². The number of carbonyl (C=O) groups excluding carboxylic acids is 2. The summed E-state index contributed by atoms with van der Waals surface area (Å²) in [4.78, 5) is 24.9. The molecular formula is C21H34ClN3O2. The van der Waals surface area contributed by atoms with Crippen LogP contribution in [-0.2, 0) is 16.1 Å². The van der Waals surface area contributed by atoms with Crippen molar-refractivity contribution in [2.45, 2.75) is 65.3 Å². The molecule has 1 aromatic rings. The lowest BCUT2D eigenvalue weighted by molar-refractivity contribution is -0.131. The number of halogens is 1. The maximum Gasteiger partial charge on any atom is 0.227 e. The average molecular weight is 396 g/mol. The minimum absolute atomic E-state index is 0. The maximum absolute atomic E-state index is 12.5. The van der Waals surface area contributed by atoms with Gasteiger partial charge >= 0.3 is 0 Å². The van der Waals surface area contributed by atoms with E-state index in [0.717, 1.165) is 49.8 Å². The molecule has 6 heteroatoms. The number of anilines is 1. The molecule has 0 saturated heterocycles. The van der Waals surface area contributed by atoms with E-state index in [4.69, 9.17) is 5.73 Å². The van der Waals surface area contributed by atoms with Crippen LogP contribution in [-0.4, -0.2) is 18.4 Å². The Hall–Kier alpha value is -1.59. The minimum Gasteiger partial charge on any atom is -0.352 e.